The number of nitrogens with zero attached hydrogens (tertiary/aromatic N) is 4. The zero-order valence-electron chi connectivity index (χ0n) is 11.3. The van der Waals surface area contributed by atoms with E-state index >= 15 is 0 Å². The van der Waals surface area contributed by atoms with E-state index in [1.54, 1.807) is 0 Å². The van der Waals surface area contributed by atoms with Crippen molar-refractivity contribution in [3.63, 3.8) is 0 Å². The molecule has 1 aromatic rings. The summed E-state index contributed by atoms with van der Waals surface area (Å²) < 4.78 is 0. The summed E-state index contributed by atoms with van der Waals surface area (Å²) in [5.74, 6) is 2.28. The Balaban J connectivity index is 2.04. The molecule has 1 aliphatic rings. The van der Waals surface area contributed by atoms with Crippen LogP contribution < -0.4 is 16.0 Å². The van der Waals surface area contributed by atoms with Crippen LogP contribution >= 0.6 is 0 Å². The minimum atomic E-state index is 0.264. The molecular formula is C12H22N6. The summed E-state index contributed by atoms with van der Waals surface area (Å²) in [6.45, 7) is 2.31. The molecule has 2 rings (SSSR count). The van der Waals surface area contributed by atoms with Crippen molar-refractivity contribution < 1.29 is 0 Å². The van der Waals surface area contributed by atoms with Crippen molar-refractivity contribution in [3.8, 4) is 0 Å². The van der Waals surface area contributed by atoms with Crippen LogP contribution in [0.2, 0.25) is 0 Å². The molecule has 0 aromatic carbocycles. The van der Waals surface area contributed by atoms with Crippen molar-refractivity contribution in [2.75, 3.05) is 30.0 Å². The SMILES string of the molecule is CC1CCC(Nc2nc(N)nc(N(C)C)n2)CC1. The molecule has 6 nitrogen and oxygen atoms in total. The standard InChI is InChI=1S/C12H22N6/c1-8-4-6-9(7-5-8)14-11-15-10(13)16-12(17-11)18(2)3/h8-9H,4-7H2,1-3H3,(H3,13,14,15,16,17). The van der Waals surface area contributed by atoms with Gasteiger partial charge < -0.3 is 16.0 Å². The van der Waals surface area contributed by atoms with Gasteiger partial charge in [-0.1, -0.05) is 6.92 Å². The van der Waals surface area contributed by atoms with E-state index in [4.69, 9.17) is 5.73 Å². The maximum Gasteiger partial charge on any atom is 0.231 e. The molecule has 1 fully saturated rings. The number of nitrogens with one attached hydrogen (secondary N) is 1. The second kappa shape index (κ2) is 5.37. The summed E-state index contributed by atoms with van der Waals surface area (Å²) >= 11 is 0. The topological polar surface area (TPSA) is 80.0 Å². The Morgan fingerprint density at radius 2 is 1.78 bits per heavy atom. The average Bonchev–Trinajstić information content (AvgIpc) is 2.31. The van der Waals surface area contributed by atoms with E-state index in [1.807, 2.05) is 19.0 Å². The van der Waals surface area contributed by atoms with Gasteiger partial charge in [-0.3, -0.25) is 0 Å². The first-order chi connectivity index (χ1) is 8.54. The first-order valence-electron chi connectivity index (χ1n) is 6.50. The van der Waals surface area contributed by atoms with E-state index in [-0.39, 0.29) is 5.95 Å². The zero-order chi connectivity index (χ0) is 13.1. The lowest BCUT2D eigenvalue weighted by molar-refractivity contribution is 0.360. The van der Waals surface area contributed by atoms with Gasteiger partial charge in [0.05, 0.1) is 0 Å². The number of anilines is 3. The lowest BCUT2D eigenvalue weighted by atomic mass is 9.87. The Kier molecular flexibility index (Phi) is 3.84. The van der Waals surface area contributed by atoms with Gasteiger partial charge >= 0.3 is 0 Å². The fraction of sp³-hybridized carbons (Fsp3) is 0.750. The van der Waals surface area contributed by atoms with Gasteiger partial charge in [-0.05, 0) is 31.6 Å². The number of nitrogen functional groups attached to an aromatic ring is 1. The number of nitrogens with two attached hydrogens (primary N) is 1. The van der Waals surface area contributed by atoms with Gasteiger partial charge in [0.15, 0.2) is 0 Å². The third-order valence-electron chi connectivity index (χ3n) is 3.39. The van der Waals surface area contributed by atoms with Crippen LogP contribution in [0.15, 0.2) is 0 Å². The van der Waals surface area contributed by atoms with Crippen LogP contribution in [-0.4, -0.2) is 35.1 Å². The molecule has 0 amide bonds. The van der Waals surface area contributed by atoms with Gasteiger partial charge in [0.1, 0.15) is 0 Å². The van der Waals surface area contributed by atoms with E-state index in [2.05, 4.69) is 27.2 Å². The molecule has 0 radical (unpaired) electrons. The molecule has 0 spiro atoms. The number of rotatable bonds is 3. The van der Waals surface area contributed by atoms with E-state index in [9.17, 15) is 0 Å². The fourth-order valence-corrected chi connectivity index (χ4v) is 2.23. The molecule has 18 heavy (non-hydrogen) atoms. The summed E-state index contributed by atoms with van der Waals surface area (Å²) in [6.07, 6.45) is 4.87. The van der Waals surface area contributed by atoms with Gasteiger partial charge in [0.25, 0.3) is 0 Å². The summed E-state index contributed by atoms with van der Waals surface area (Å²) in [4.78, 5) is 14.4. The van der Waals surface area contributed by atoms with Crippen molar-refractivity contribution in [2.45, 2.75) is 38.6 Å². The van der Waals surface area contributed by atoms with E-state index in [1.165, 1.54) is 25.7 Å². The lowest BCUT2D eigenvalue weighted by Gasteiger charge is -2.27. The van der Waals surface area contributed by atoms with E-state index in [0.717, 1.165) is 5.92 Å². The van der Waals surface area contributed by atoms with Gasteiger partial charge in [0, 0.05) is 20.1 Å². The van der Waals surface area contributed by atoms with Gasteiger partial charge in [0.2, 0.25) is 17.8 Å². The molecule has 0 atom stereocenters. The molecule has 1 heterocycles. The fourth-order valence-electron chi connectivity index (χ4n) is 2.23. The van der Waals surface area contributed by atoms with E-state index < -0.39 is 0 Å². The van der Waals surface area contributed by atoms with Crippen molar-refractivity contribution >= 4 is 17.8 Å². The zero-order valence-corrected chi connectivity index (χ0v) is 11.3. The Morgan fingerprint density at radius 3 is 2.39 bits per heavy atom. The highest BCUT2D eigenvalue weighted by Crippen LogP contribution is 2.25. The Hall–Kier alpha value is -1.59. The first kappa shape index (κ1) is 12.9. The highest BCUT2D eigenvalue weighted by atomic mass is 15.3. The van der Waals surface area contributed by atoms with Crippen LogP contribution in [0.4, 0.5) is 17.8 Å². The van der Waals surface area contributed by atoms with Crippen LogP contribution in [0.5, 0.6) is 0 Å². The predicted octanol–water partition coefficient (Wildman–Crippen LogP) is 1.51. The summed E-state index contributed by atoms with van der Waals surface area (Å²) in [6, 6.07) is 0.456. The Morgan fingerprint density at radius 1 is 1.11 bits per heavy atom. The number of aromatic nitrogens is 3. The van der Waals surface area contributed by atoms with Crippen LogP contribution in [-0.2, 0) is 0 Å². The smallest absolute Gasteiger partial charge is 0.231 e. The third-order valence-corrected chi connectivity index (χ3v) is 3.39. The molecule has 1 aliphatic carbocycles. The Labute approximate surface area is 108 Å². The second-order valence-electron chi connectivity index (χ2n) is 5.31. The first-order valence-corrected chi connectivity index (χ1v) is 6.50. The molecule has 3 N–H and O–H groups in total. The minimum Gasteiger partial charge on any atom is -0.368 e. The van der Waals surface area contributed by atoms with Crippen LogP contribution in [0.1, 0.15) is 32.6 Å². The predicted molar refractivity (Wildman–Crippen MR) is 73.6 cm³/mol. The van der Waals surface area contributed by atoms with Gasteiger partial charge in [-0.15, -0.1) is 0 Å². The number of hydrogen-bond donors (Lipinski definition) is 2. The monoisotopic (exact) mass is 250 g/mol. The van der Waals surface area contributed by atoms with Crippen molar-refractivity contribution in [3.05, 3.63) is 0 Å². The van der Waals surface area contributed by atoms with Crippen LogP contribution in [0.25, 0.3) is 0 Å². The largest absolute Gasteiger partial charge is 0.368 e. The summed E-state index contributed by atoms with van der Waals surface area (Å²) in [5, 5.41) is 3.37. The molecule has 1 aromatic heterocycles. The quantitative estimate of drug-likeness (QED) is 0.846. The lowest BCUT2D eigenvalue weighted by Crippen LogP contribution is -2.27. The maximum absolute atomic E-state index is 5.70. The minimum absolute atomic E-state index is 0.264. The van der Waals surface area contributed by atoms with Crippen molar-refractivity contribution in [1.82, 2.24) is 15.0 Å². The third kappa shape index (κ3) is 3.21. The molecule has 100 valence electrons. The van der Waals surface area contributed by atoms with Crippen molar-refractivity contribution in [2.24, 2.45) is 5.92 Å². The van der Waals surface area contributed by atoms with Crippen LogP contribution in [0.3, 0.4) is 0 Å². The van der Waals surface area contributed by atoms with Crippen LogP contribution in [0, 0.1) is 5.92 Å². The average molecular weight is 250 g/mol. The number of hydrogen-bond acceptors (Lipinski definition) is 6. The Bertz CT molecular complexity index is 398. The van der Waals surface area contributed by atoms with Crippen molar-refractivity contribution in [1.29, 1.82) is 0 Å². The molecule has 6 heteroatoms. The van der Waals surface area contributed by atoms with Gasteiger partial charge in [-0.2, -0.15) is 15.0 Å². The van der Waals surface area contributed by atoms with E-state index in [0.29, 0.717) is 17.9 Å². The van der Waals surface area contributed by atoms with Gasteiger partial charge in [-0.25, -0.2) is 0 Å². The highest BCUT2D eigenvalue weighted by Gasteiger charge is 2.19. The molecule has 0 saturated heterocycles. The molecule has 0 aliphatic heterocycles. The highest BCUT2D eigenvalue weighted by molar-refractivity contribution is 5.41. The molecular weight excluding hydrogens is 228 g/mol. The molecule has 0 unspecified atom stereocenters. The maximum atomic E-state index is 5.70. The summed E-state index contributed by atoms with van der Waals surface area (Å²) in [5.41, 5.74) is 5.70. The molecule has 1 saturated carbocycles. The summed E-state index contributed by atoms with van der Waals surface area (Å²) in [7, 11) is 3.78. The second-order valence-corrected chi connectivity index (χ2v) is 5.31. The molecule has 0 bridgehead atoms. The normalized spacial score (nSPS) is 23.7.